The normalized spacial score (nSPS) is 22.9. The molecule has 0 bridgehead atoms. The van der Waals surface area contributed by atoms with Crippen molar-refractivity contribution in [2.75, 3.05) is 19.6 Å². The van der Waals surface area contributed by atoms with Crippen molar-refractivity contribution in [1.82, 2.24) is 39.9 Å². The molecule has 3 aliphatic rings. The molecule has 5 heterocycles. The second-order valence-electron chi connectivity index (χ2n) is 12.8. The molecular weight excluding hydrogens is 623 g/mol. The molecule has 0 unspecified atom stereocenters. The lowest BCUT2D eigenvalue weighted by molar-refractivity contribution is -0.183. The van der Waals surface area contributed by atoms with E-state index in [1.807, 2.05) is 13.0 Å². The first kappa shape index (κ1) is 33.0. The quantitative estimate of drug-likeness (QED) is 0.247. The summed E-state index contributed by atoms with van der Waals surface area (Å²) in [6.45, 7) is 4.10. The predicted molar refractivity (Wildman–Crippen MR) is 161 cm³/mol. The molecule has 47 heavy (non-hydrogen) atoms. The highest BCUT2D eigenvalue weighted by atomic mass is 19.4. The number of amides is 2. The number of halogens is 5. The molecule has 3 aromatic heterocycles. The van der Waals surface area contributed by atoms with Gasteiger partial charge in [0.05, 0.1) is 29.5 Å². The van der Waals surface area contributed by atoms with E-state index in [0.717, 1.165) is 37.9 Å². The number of nitrogens with zero attached hydrogens (tertiary/aromatic N) is 6. The van der Waals surface area contributed by atoms with Crippen LogP contribution in [0.3, 0.4) is 0 Å². The molecule has 2 amide bonds. The summed E-state index contributed by atoms with van der Waals surface area (Å²) in [6.07, 6.45) is 2.26. The summed E-state index contributed by atoms with van der Waals surface area (Å²) >= 11 is 0. The molecule has 254 valence electrons. The second-order valence-corrected chi connectivity index (χ2v) is 12.8. The van der Waals surface area contributed by atoms with Crippen molar-refractivity contribution in [3.63, 3.8) is 0 Å². The highest BCUT2D eigenvalue weighted by Gasteiger charge is 2.45. The summed E-state index contributed by atoms with van der Waals surface area (Å²) in [7, 11) is 0. The van der Waals surface area contributed by atoms with Gasteiger partial charge in [0.15, 0.2) is 5.65 Å². The summed E-state index contributed by atoms with van der Waals surface area (Å²) in [5.41, 5.74) is 3.01. The number of aromatic nitrogens is 5. The highest BCUT2D eigenvalue weighted by Crippen LogP contribution is 2.38. The van der Waals surface area contributed by atoms with Gasteiger partial charge in [0.1, 0.15) is 5.69 Å². The van der Waals surface area contributed by atoms with E-state index in [4.69, 9.17) is 10.1 Å². The average molecular weight is 663 g/mol. The van der Waals surface area contributed by atoms with Gasteiger partial charge in [-0.25, -0.2) is 18.3 Å². The van der Waals surface area contributed by atoms with E-state index >= 15 is 0 Å². The first-order valence-electron chi connectivity index (χ1n) is 16.2. The van der Waals surface area contributed by atoms with Crippen molar-refractivity contribution in [3.05, 3.63) is 58.8 Å². The summed E-state index contributed by atoms with van der Waals surface area (Å²) < 4.78 is 72.1. The Hall–Kier alpha value is -3.88. The number of nitrogens with one attached hydrogen (secondary N) is 2. The van der Waals surface area contributed by atoms with Crippen molar-refractivity contribution in [3.8, 4) is 0 Å². The fraction of sp³-hybridized carbons (Fsp3) is 0.594. The number of imidazole rings is 1. The lowest BCUT2D eigenvalue weighted by Gasteiger charge is -2.31. The van der Waals surface area contributed by atoms with Crippen LogP contribution in [-0.4, -0.2) is 72.8 Å². The molecular formula is C32H39F5N8O2. The Labute approximate surface area is 268 Å². The Balaban J connectivity index is 1.36. The standard InChI is InChI=1S/C32H39F5N8O2/c1-2-44-26(8-11-39-44)30(47)41-28(20-6-9-31(33,34)10-7-20)25-19-45-27(40-25)16-22(18-43-12-4-3-5-13-43)24(42-45)15-21-14-23(32(35,36)37)17-38-29(21)46/h6,8,11,16,19,21,23,28H,2-5,7,9-10,12-15,17-18H2,1H3,(H,38,46)(H,41,47)/t21-,23-,28+/m1/s1. The zero-order valence-corrected chi connectivity index (χ0v) is 26.2. The zero-order chi connectivity index (χ0) is 33.3. The van der Waals surface area contributed by atoms with E-state index in [1.54, 1.807) is 12.3 Å². The second kappa shape index (κ2) is 13.3. The van der Waals surface area contributed by atoms with Crippen LogP contribution in [0.15, 0.2) is 36.2 Å². The Morgan fingerprint density at radius 1 is 1.21 bits per heavy atom. The molecule has 2 fully saturated rings. The van der Waals surface area contributed by atoms with Crippen molar-refractivity contribution >= 4 is 17.5 Å². The number of likely N-dealkylation sites (tertiary alicyclic amines) is 1. The van der Waals surface area contributed by atoms with Gasteiger partial charge in [0, 0.05) is 51.0 Å². The Bertz CT molecular complexity index is 1640. The van der Waals surface area contributed by atoms with Crippen LogP contribution in [0, 0.1) is 11.8 Å². The number of fused-ring (bicyclic) bond motifs is 1. The number of carbonyl (C=O) groups excluding carboxylic acids is 2. The number of alkyl halides is 5. The number of carbonyl (C=O) groups is 2. The van der Waals surface area contributed by atoms with E-state index < -0.39 is 54.8 Å². The molecule has 3 aromatic rings. The van der Waals surface area contributed by atoms with Crippen LogP contribution in [0.1, 0.15) is 85.4 Å². The van der Waals surface area contributed by atoms with E-state index in [0.29, 0.717) is 41.4 Å². The lowest BCUT2D eigenvalue weighted by Crippen LogP contribution is -2.47. The van der Waals surface area contributed by atoms with Crippen LogP contribution in [0.25, 0.3) is 5.65 Å². The van der Waals surface area contributed by atoms with Crippen LogP contribution in [0.5, 0.6) is 0 Å². The van der Waals surface area contributed by atoms with Crippen LogP contribution in [-0.2, 0) is 24.3 Å². The number of hydrogen-bond donors (Lipinski definition) is 2. The minimum atomic E-state index is -4.43. The van der Waals surface area contributed by atoms with Gasteiger partial charge in [-0.1, -0.05) is 12.5 Å². The van der Waals surface area contributed by atoms with Crippen molar-refractivity contribution in [2.24, 2.45) is 11.8 Å². The van der Waals surface area contributed by atoms with Crippen LogP contribution in [0.4, 0.5) is 22.0 Å². The maximum Gasteiger partial charge on any atom is 0.393 e. The Morgan fingerprint density at radius 2 is 2.00 bits per heavy atom. The highest BCUT2D eigenvalue weighted by molar-refractivity contribution is 5.93. The number of hydrogen-bond acceptors (Lipinski definition) is 6. The smallest absolute Gasteiger partial charge is 0.355 e. The number of piperidine rings is 2. The Kier molecular flexibility index (Phi) is 9.36. The molecule has 2 aliphatic heterocycles. The zero-order valence-electron chi connectivity index (χ0n) is 26.2. The molecule has 0 radical (unpaired) electrons. The van der Waals surface area contributed by atoms with Crippen LogP contribution >= 0.6 is 0 Å². The first-order valence-corrected chi connectivity index (χ1v) is 16.2. The molecule has 0 spiro atoms. The molecule has 3 atom stereocenters. The number of aryl methyl sites for hydroxylation is 1. The van der Waals surface area contributed by atoms with E-state index in [9.17, 15) is 31.5 Å². The van der Waals surface area contributed by atoms with Gasteiger partial charge in [-0.2, -0.15) is 23.4 Å². The summed E-state index contributed by atoms with van der Waals surface area (Å²) in [4.78, 5) is 33.2. The third kappa shape index (κ3) is 7.49. The first-order chi connectivity index (χ1) is 22.4. The molecule has 0 aromatic carbocycles. The summed E-state index contributed by atoms with van der Waals surface area (Å²) in [5.74, 6) is -6.25. The summed E-state index contributed by atoms with van der Waals surface area (Å²) in [6, 6.07) is 2.58. The maximum atomic E-state index is 14.1. The third-order valence-electron chi connectivity index (χ3n) is 9.48. The monoisotopic (exact) mass is 662 g/mol. The fourth-order valence-corrected chi connectivity index (χ4v) is 6.80. The van der Waals surface area contributed by atoms with Gasteiger partial charge in [0.25, 0.3) is 11.8 Å². The van der Waals surface area contributed by atoms with Gasteiger partial charge in [-0.05, 0) is 69.0 Å². The maximum absolute atomic E-state index is 14.1. The number of rotatable bonds is 9. The van der Waals surface area contributed by atoms with E-state index in [2.05, 4.69) is 20.6 Å². The molecule has 6 rings (SSSR count). The molecule has 15 heteroatoms. The molecule has 10 nitrogen and oxygen atoms in total. The van der Waals surface area contributed by atoms with Crippen LogP contribution in [0.2, 0.25) is 0 Å². The van der Waals surface area contributed by atoms with Gasteiger partial charge < -0.3 is 10.6 Å². The van der Waals surface area contributed by atoms with Crippen molar-refractivity contribution in [2.45, 2.75) is 89.5 Å². The molecule has 1 aliphatic carbocycles. The molecule has 2 saturated heterocycles. The van der Waals surface area contributed by atoms with Gasteiger partial charge in [-0.15, -0.1) is 0 Å². The van der Waals surface area contributed by atoms with Gasteiger partial charge >= 0.3 is 6.18 Å². The van der Waals surface area contributed by atoms with Crippen molar-refractivity contribution in [1.29, 1.82) is 0 Å². The molecule has 0 saturated carbocycles. The average Bonchev–Trinajstić information content (AvgIpc) is 3.68. The topological polar surface area (TPSA) is 109 Å². The van der Waals surface area contributed by atoms with Crippen molar-refractivity contribution < 1.29 is 31.5 Å². The lowest BCUT2D eigenvalue weighted by atomic mass is 9.85. The summed E-state index contributed by atoms with van der Waals surface area (Å²) in [5, 5.41) is 14.3. The Morgan fingerprint density at radius 3 is 2.70 bits per heavy atom. The predicted octanol–water partition coefficient (Wildman–Crippen LogP) is 5.01. The van der Waals surface area contributed by atoms with E-state index in [-0.39, 0.29) is 25.7 Å². The van der Waals surface area contributed by atoms with Gasteiger partial charge in [-0.3, -0.25) is 19.2 Å². The fourth-order valence-electron chi connectivity index (χ4n) is 6.80. The van der Waals surface area contributed by atoms with Crippen LogP contribution < -0.4 is 10.6 Å². The number of allylic oxidation sites excluding steroid dienone is 1. The largest absolute Gasteiger partial charge is 0.393 e. The van der Waals surface area contributed by atoms with Gasteiger partial charge in [0.2, 0.25) is 5.91 Å². The SMILES string of the molecule is CCn1nccc1C(=O)N[C@@H](C1=CCC(F)(F)CC1)c1cn2nc(C[C@H]3C[C@@H](C(F)(F)F)CNC3=O)c(CN3CCCCC3)cc2n1. The minimum Gasteiger partial charge on any atom is -0.355 e. The minimum absolute atomic E-state index is 0.0203. The molecule has 2 N–H and O–H groups in total. The van der Waals surface area contributed by atoms with E-state index in [1.165, 1.54) is 21.5 Å². The third-order valence-corrected chi connectivity index (χ3v) is 9.48.